The molecule has 3 heteroatoms. The Kier molecular flexibility index (Phi) is 3.83. The van der Waals surface area contributed by atoms with Crippen LogP contribution in [0.2, 0.25) is 0 Å². The fourth-order valence-corrected chi connectivity index (χ4v) is 7.02. The summed E-state index contributed by atoms with van der Waals surface area (Å²) in [5.41, 5.74) is 11.0. The van der Waals surface area contributed by atoms with Crippen molar-refractivity contribution in [2.24, 2.45) is 0 Å². The molecule has 0 saturated heterocycles. The fraction of sp³-hybridized carbons (Fsp3) is 0.273. The number of benzene rings is 2. The number of rotatable bonds is 0. The first-order valence-corrected chi connectivity index (χ1v) is 13.3. The summed E-state index contributed by atoms with van der Waals surface area (Å²) in [4.78, 5) is 0. The van der Waals surface area contributed by atoms with E-state index < -0.39 is 5.66 Å². The lowest BCUT2D eigenvalue weighted by Crippen LogP contribution is -2.71. The van der Waals surface area contributed by atoms with Crippen LogP contribution in [0, 0.1) is 0 Å². The van der Waals surface area contributed by atoms with Gasteiger partial charge in [0.15, 0.2) is 12.4 Å². The summed E-state index contributed by atoms with van der Waals surface area (Å²) < 4.78 is 11.8. The molecule has 3 aliphatic rings. The van der Waals surface area contributed by atoms with Crippen molar-refractivity contribution in [3.63, 3.8) is 0 Å². The van der Waals surface area contributed by atoms with Crippen LogP contribution >= 0.6 is 0 Å². The van der Waals surface area contributed by atoms with Crippen molar-refractivity contribution in [3.8, 4) is 22.5 Å². The number of hydrogen-bond donors (Lipinski definition) is 0. The second kappa shape index (κ2) is 6.73. The van der Waals surface area contributed by atoms with E-state index in [4.69, 9.17) is 4.42 Å². The molecular formula is C33H30N2O+2. The second-order valence-corrected chi connectivity index (χ2v) is 11.7. The predicted octanol–water partition coefficient (Wildman–Crippen LogP) is 6.44. The van der Waals surface area contributed by atoms with Crippen LogP contribution in [0.15, 0.2) is 83.5 Å². The lowest BCUT2D eigenvalue weighted by atomic mass is 9.87. The molecular weight excluding hydrogens is 440 g/mol. The SMILES string of the molecule is CC(C)(C)c1ccc2[n+](c1)C1(c3ccccc3-c3cccc[n+]31)c1ccc3c4c(oc3c1-2)CCCC4. The van der Waals surface area contributed by atoms with Gasteiger partial charge >= 0.3 is 5.66 Å². The summed E-state index contributed by atoms with van der Waals surface area (Å²) in [6.45, 7) is 6.89. The second-order valence-electron chi connectivity index (χ2n) is 11.7. The van der Waals surface area contributed by atoms with Crippen LogP contribution in [0.25, 0.3) is 33.5 Å². The first kappa shape index (κ1) is 20.5. The Bertz CT molecular complexity index is 1690. The summed E-state index contributed by atoms with van der Waals surface area (Å²) in [7, 11) is 0. The molecule has 1 aliphatic carbocycles. The van der Waals surface area contributed by atoms with Crippen molar-refractivity contribution in [1.29, 1.82) is 0 Å². The molecule has 1 spiro atoms. The van der Waals surface area contributed by atoms with Gasteiger partial charge in [0.1, 0.15) is 28.0 Å². The van der Waals surface area contributed by atoms with Crippen molar-refractivity contribution in [2.45, 2.75) is 57.5 Å². The van der Waals surface area contributed by atoms with Crippen molar-refractivity contribution in [2.75, 3.05) is 0 Å². The smallest absolute Gasteiger partial charge is 0.417 e. The molecule has 3 nitrogen and oxygen atoms in total. The van der Waals surface area contributed by atoms with E-state index in [9.17, 15) is 0 Å². The monoisotopic (exact) mass is 470 g/mol. The van der Waals surface area contributed by atoms with E-state index in [1.54, 1.807) is 0 Å². The molecule has 0 amide bonds. The number of nitrogens with zero attached hydrogens (tertiary/aromatic N) is 2. The third-order valence-electron chi connectivity index (χ3n) is 8.71. The third-order valence-corrected chi connectivity index (χ3v) is 8.71. The number of furan rings is 1. The molecule has 5 heterocycles. The average Bonchev–Trinajstić information content (AvgIpc) is 3.51. The van der Waals surface area contributed by atoms with Gasteiger partial charge in [-0.2, -0.15) is 0 Å². The highest BCUT2D eigenvalue weighted by molar-refractivity contribution is 5.97. The molecule has 36 heavy (non-hydrogen) atoms. The Labute approximate surface area is 211 Å². The predicted molar refractivity (Wildman–Crippen MR) is 141 cm³/mol. The number of aryl methyl sites for hydroxylation is 2. The van der Waals surface area contributed by atoms with Gasteiger partial charge in [-0.15, -0.1) is 9.13 Å². The van der Waals surface area contributed by atoms with Crippen LogP contribution in [0.3, 0.4) is 0 Å². The third kappa shape index (κ3) is 2.34. The normalized spacial score (nSPS) is 19.2. The van der Waals surface area contributed by atoms with Crippen molar-refractivity contribution in [3.05, 3.63) is 107 Å². The van der Waals surface area contributed by atoms with Crippen LogP contribution in [0.5, 0.6) is 0 Å². The van der Waals surface area contributed by atoms with Crippen molar-refractivity contribution in [1.82, 2.24) is 0 Å². The molecule has 0 saturated carbocycles. The molecule has 3 aromatic heterocycles. The average molecular weight is 471 g/mol. The van der Waals surface area contributed by atoms with E-state index in [2.05, 4.69) is 109 Å². The molecule has 0 radical (unpaired) electrons. The minimum atomic E-state index is -0.486. The maximum absolute atomic E-state index is 6.74. The van der Waals surface area contributed by atoms with Gasteiger partial charge in [-0.05, 0) is 61.1 Å². The van der Waals surface area contributed by atoms with Gasteiger partial charge in [-0.1, -0.05) is 32.9 Å². The highest BCUT2D eigenvalue weighted by atomic mass is 16.3. The maximum Gasteiger partial charge on any atom is 0.417 e. The van der Waals surface area contributed by atoms with Gasteiger partial charge in [-0.3, -0.25) is 0 Å². The molecule has 0 N–H and O–H groups in total. The Morgan fingerprint density at radius 1 is 0.778 bits per heavy atom. The zero-order chi connectivity index (χ0) is 24.2. The van der Waals surface area contributed by atoms with Crippen molar-refractivity contribution < 1.29 is 13.6 Å². The summed E-state index contributed by atoms with van der Waals surface area (Å²) >= 11 is 0. The largest absolute Gasteiger partial charge is 0.460 e. The topological polar surface area (TPSA) is 20.9 Å². The van der Waals surface area contributed by atoms with Crippen LogP contribution in [0.1, 0.15) is 61.6 Å². The molecule has 176 valence electrons. The van der Waals surface area contributed by atoms with E-state index in [0.717, 1.165) is 18.4 Å². The Balaban J connectivity index is 1.57. The van der Waals surface area contributed by atoms with Crippen LogP contribution < -0.4 is 9.13 Å². The van der Waals surface area contributed by atoms with Gasteiger partial charge in [0.25, 0.3) is 0 Å². The van der Waals surface area contributed by atoms with E-state index in [1.807, 2.05) is 0 Å². The van der Waals surface area contributed by atoms with E-state index in [1.165, 1.54) is 68.8 Å². The Morgan fingerprint density at radius 3 is 2.50 bits per heavy atom. The van der Waals surface area contributed by atoms with Gasteiger partial charge in [0.2, 0.25) is 11.4 Å². The zero-order valence-corrected chi connectivity index (χ0v) is 21.1. The van der Waals surface area contributed by atoms with Gasteiger partial charge in [0, 0.05) is 41.1 Å². The standard InChI is InChI=1S/C33H30N2O/c1-32(2,3)21-15-18-28-30-26(17-16-23-22-10-5-7-14-29(22)36-31(23)30)33(35(28)20-21)25-12-6-4-11-24(25)27-13-8-9-19-34(27)33/h4,6,8-9,11-13,15-20H,5,7,10,14H2,1-3H3/q+2. The molecule has 2 aliphatic heterocycles. The molecule has 2 aromatic carbocycles. The highest BCUT2D eigenvalue weighted by Crippen LogP contribution is 2.50. The molecule has 5 aromatic rings. The Morgan fingerprint density at radius 2 is 1.61 bits per heavy atom. The molecule has 0 fully saturated rings. The van der Waals surface area contributed by atoms with Crippen LogP contribution in [-0.4, -0.2) is 0 Å². The quantitative estimate of drug-likeness (QED) is 0.234. The fourth-order valence-electron chi connectivity index (χ4n) is 7.02. The molecule has 1 unspecified atom stereocenters. The summed E-state index contributed by atoms with van der Waals surface area (Å²) in [6.07, 6.45) is 9.29. The lowest BCUT2D eigenvalue weighted by Gasteiger charge is -2.21. The maximum atomic E-state index is 6.74. The van der Waals surface area contributed by atoms with Crippen LogP contribution in [-0.2, 0) is 23.9 Å². The lowest BCUT2D eigenvalue weighted by molar-refractivity contribution is -0.955. The van der Waals surface area contributed by atoms with E-state index >= 15 is 0 Å². The van der Waals surface area contributed by atoms with Gasteiger partial charge in [0.05, 0.1) is 5.56 Å². The molecule has 8 rings (SSSR count). The minimum absolute atomic E-state index is 0.0411. The molecule has 0 bridgehead atoms. The minimum Gasteiger partial charge on any atom is -0.460 e. The summed E-state index contributed by atoms with van der Waals surface area (Å²) in [6, 6.07) is 24.9. The first-order valence-electron chi connectivity index (χ1n) is 13.3. The number of pyridine rings is 2. The zero-order valence-electron chi connectivity index (χ0n) is 21.1. The van der Waals surface area contributed by atoms with Gasteiger partial charge < -0.3 is 4.42 Å². The van der Waals surface area contributed by atoms with Crippen molar-refractivity contribution >= 4 is 11.0 Å². The number of aromatic nitrogens is 2. The number of fused-ring (bicyclic) bond motifs is 14. The Hall–Kier alpha value is -3.72. The van der Waals surface area contributed by atoms with E-state index in [-0.39, 0.29) is 5.41 Å². The highest BCUT2D eigenvalue weighted by Gasteiger charge is 2.67. The van der Waals surface area contributed by atoms with Crippen LogP contribution in [0.4, 0.5) is 0 Å². The number of hydrogen-bond acceptors (Lipinski definition) is 1. The van der Waals surface area contributed by atoms with E-state index in [0.29, 0.717) is 0 Å². The summed E-state index contributed by atoms with van der Waals surface area (Å²) in [5, 5.41) is 1.30. The summed E-state index contributed by atoms with van der Waals surface area (Å²) in [5.74, 6) is 1.20. The first-order chi connectivity index (χ1) is 17.5. The van der Waals surface area contributed by atoms with Gasteiger partial charge in [-0.25, -0.2) is 0 Å². The molecule has 1 atom stereocenters.